The predicted octanol–water partition coefficient (Wildman–Crippen LogP) is 2.58. The quantitative estimate of drug-likeness (QED) is 0.769. The van der Waals surface area contributed by atoms with Gasteiger partial charge in [-0.05, 0) is 19.8 Å². The number of carboxylic acid groups (broad SMARTS) is 1. The molecule has 1 heterocycles. The highest BCUT2D eigenvalue weighted by molar-refractivity contribution is 5.64. The largest absolute Gasteiger partial charge is 0.489 e. The van der Waals surface area contributed by atoms with Gasteiger partial charge in [-0.3, -0.25) is 4.68 Å². The van der Waals surface area contributed by atoms with Gasteiger partial charge in [0.05, 0.1) is 18.8 Å². The maximum atomic E-state index is 10.4. The van der Waals surface area contributed by atoms with Gasteiger partial charge in [0, 0.05) is 6.54 Å². The maximum Gasteiger partial charge on any atom is 0.404 e. The SMILES string of the molecule is CCC(CC)COc1c(C)nn(CCNC(=O)O)c1C. The number of hydrogen-bond donors (Lipinski definition) is 2. The predicted molar refractivity (Wildman–Crippen MR) is 77.3 cm³/mol. The molecule has 0 radical (unpaired) electrons. The van der Waals surface area contributed by atoms with Crippen LogP contribution >= 0.6 is 0 Å². The first kappa shape index (κ1) is 16.3. The van der Waals surface area contributed by atoms with Gasteiger partial charge in [0.1, 0.15) is 5.69 Å². The zero-order chi connectivity index (χ0) is 15.1. The van der Waals surface area contributed by atoms with Crippen molar-refractivity contribution in [1.82, 2.24) is 15.1 Å². The Labute approximate surface area is 120 Å². The summed E-state index contributed by atoms with van der Waals surface area (Å²) in [5.41, 5.74) is 1.80. The van der Waals surface area contributed by atoms with Gasteiger partial charge in [-0.2, -0.15) is 5.10 Å². The Balaban J connectivity index is 2.63. The van der Waals surface area contributed by atoms with Crippen molar-refractivity contribution in [2.24, 2.45) is 5.92 Å². The minimum Gasteiger partial charge on any atom is -0.489 e. The van der Waals surface area contributed by atoms with Crippen LogP contribution in [0.4, 0.5) is 4.79 Å². The van der Waals surface area contributed by atoms with E-state index in [-0.39, 0.29) is 0 Å². The number of aryl methyl sites for hydroxylation is 1. The number of aromatic nitrogens is 2. The van der Waals surface area contributed by atoms with Crippen molar-refractivity contribution in [3.63, 3.8) is 0 Å². The molecule has 0 fully saturated rings. The Morgan fingerprint density at radius 3 is 2.60 bits per heavy atom. The lowest BCUT2D eigenvalue weighted by atomic mass is 10.1. The summed E-state index contributed by atoms with van der Waals surface area (Å²) in [4.78, 5) is 10.4. The second kappa shape index (κ2) is 7.77. The van der Waals surface area contributed by atoms with Crippen LogP contribution in [-0.2, 0) is 6.54 Å². The molecule has 1 aromatic heterocycles. The summed E-state index contributed by atoms with van der Waals surface area (Å²) in [6, 6.07) is 0. The van der Waals surface area contributed by atoms with E-state index < -0.39 is 6.09 Å². The number of amides is 1. The molecule has 0 spiro atoms. The van der Waals surface area contributed by atoms with E-state index in [1.807, 2.05) is 13.8 Å². The van der Waals surface area contributed by atoms with Gasteiger partial charge in [0.2, 0.25) is 0 Å². The lowest BCUT2D eigenvalue weighted by Gasteiger charge is -2.14. The van der Waals surface area contributed by atoms with Gasteiger partial charge in [-0.25, -0.2) is 4.79 Å². The fourth-order valence-corrected chi connectivity index (χ4v) is 2.10. The van der Waals surface area contributed by atoms with Crippen LogP contribution in [0.1, 0.15) is 38.1 Å². The summed E-state index contributed by atoms with van der Waals surface area (Å²) < 4.78 is 7.68. The standard InChI is InChI=1S/C14H25N3O3/c1-5-12(6-2)9-20-13-10(3)16-17(11(13)4)8-7-15-14(18)19/h12,15H,5-9H2,1-4H3,(H,18,19). The monoisotopic (exact) mass is 283 g/mol. The average molecular weight is 283 g/mol. The topological polar surface area (TPSA) is 76.4 Å². The van der Waals surface area contributed by atoms with Crippen molar-refractivity contribution in [3.8, 4) is 5.75 Å². The molecule has 0 aromatic carbocycles. The number of ether oxygens (including phenoxy) is 1. The zero-order valence-corrected chi connectivity index (χ0v) is 12.8. The summed E-state index contributed by atoms with van der Waals surface area (Å²) in [5, 5.41) is 15.3. The summed E-state index contributed by atoms with van der Waals surface area (Å²) in [6.07, 6.45) is 1.19. The summed E-state index contributed by atoms with van der Waals surface area (Å²) in [7, 11) is 0. The molecule has 114 valence electrons. The molecule has 0 unspecified atom stereocenters. The molecule has 6 nitrogen and oxygen atoms in total. The molecule has 0 bridgehead atoms. The summed E-state index contributed by atoms with van der Waals surface area (Å²) in [5.74, 6) is 1.39. The fourth-order valence-electron chi connectivity index (χ4n) is 2.10. The minimum absolute atomic E-state index is 0.337. The van der Waals surface area contributed by atoms with Crippen molar-refractivity contribution >= 4 is 6.09 Å². The van der Waals surface area contributed by atoms with E-state index in [4.69, 9.17) is 9.84 Å². The van der Waals surface area contributed by atoms with Crippen molar-refractivity contribution in [2.45, 2.75) is 47.1 Å². The number of nitrogens with zero attached hydrogens (tertiary/aromatic N) is 2. The molecule has 1 rings (SSSR count). The maximum absolute atomic E-state index is 10.4. The van der Waals surface area contributed by atoms with Crippen molar-refractivity contribution < 1.29 is 14.6 Å². The molecule has 0 saturated carbocycles. The van der Waals surface area contributed by atoms with Crippen LogP contribution in [0.15, 0.2) is 0 Å². The fraction of sp³-hybridized carbons (Fsp3) is 0.714. The summed E-state index contributed by atoms with van der Waals surface area (Å²) in [6.45, 7) is 9.74. The molecular weight excluding hydrogens is 258 g/mol. The Hall–Kier alpha value is -1.72. The molecule has 0 aliphatic rings. The Morgan fingerprint density at radius 2 is 2.05 bits per heavy atom. The molecule has 1 amide bonds. The van der Waals surface area contributed by atoms with E-state index in [9.17, 15) is 4.79 Å². The van der Waals surface area contributed by atoms with Crippen molar-refractivity contribution in [2.75, 3.05) is 13.2 Å². The lowest BCUT2D eigenvalue weighted by Crippen LogP contribution is -2.25. The highest BCUT2D eigenvalue weighted by Gasteiger charge is 2.14. The van der Waals surface area contributed by atoms with Gasteiger partial charge < -0.3 is 15.2 Å². The third kappa shape index (κ3) is 4.43. The summed E-state index contributed by atoms with van der Waals surface area (Å²) >= 11 is 0. The highest BCUT2D eigenvalue weighted by Crippen LogP contribution is 2.23. The second-order valence-corrected chi connectivity index (χ2v) is 4.95. The van der Waals surface area contributed by atoms with Gasteiger partial charge in [-0.1, -0.05) is 26.7 Å². The molecule has 2 N–H and O–H groups in total. The zero-order valence-electron chi connectivity index (χ0n) is 12.8. The highest BCUT2D eigenvalue weighted by atomic mass is 16.5. The Bertz CT molecular complexity index is 439. The van der Waals surface area contributed by atoms with E-state index in [1.54, 1.807) is 4.68 Å². The molecule has 6 heteroatoms. The molecule has 1 aromatic rings. The van der Waals surface area contributed by atoms with Crippen LogP contribution < -0.4 is 10.1 Å². The molecule has 20 heavy (non-hydrogen) atoms. The molecule has 0 atom stereocenters. The first-order chi connectivity index (χ1) is 9.49. The van der Waals surface area contributed by atoms with Gasteiger partial charge >= 0.3 is 6.09 Å². The first-order valence-corrected chi connectivity index (χ1v) is 7.13. The Kier molecular flexibility index (Phi) is 6.35. The van der Waals surface area contributed by atoms with Crippen LogP contribution in [0.2, 0.25) is 0 Å². The smallest absolute Gasteiger partial charge is 0.404 e. The molecule has 0 aliphatic carbocycles. The van der Waals surface area contributed by atoms with Crippen LogP contribution in [0.3, 0.4) is 0 Å². The molecule has 0 saturated heterocycles. The Morgan fingerprint density at radius 1 is 1.40 bits per heavy atom. The van der Waals surface area contributed by atoms with E-state index in [0.29, 0.717) is 25.6 Å². The average Bonchev–Trinajstić information content (AvgIpc) is 2.66. The van der Waals surface area contributed by atoms with E-state index in [2.05, 4.69) is 24.3 Å². The van der Waals surface area contributed by atoms with Crippen LogP contribution in [0.25, 0.3) is 0 Å². The third-order valence-electron chi connectivity index (χ3n) is 3.53. The second-order valence-electron chi connectivity index (χ2n) is 4.95. The number of hydrogen-bond acceptors (Lipinski definition) is 3. The lowest BCUT2D eigenvalue weighted by molar-refractivity contribution is 0.194. The third-order valence-corrected chi connectivity index (χ3v) is 3.53. The van der Waals surface area contributed by atoms with Crippen molar-refractivity contribution in [1.29, 1.82) is 0 Å². The van der Waals surface area contributed by atoms with E-state index in [0.717, 1.165) is 30.0 Å². The van der Waals surface area contributed by atoms with Crippen LogP contribution in [0, 0.1) is 19.8 Å². The number of rotatable bonds is 8. The van der Waals surface area contributed by atoms with E-state index >= 15 is 0 Å². The van der Waals surface area contributed by atoms with Gasteiger partial charge in [0.15, 0.2) is 5.75 Å². The van der Waals surface area contributed by atoms with Crippen LogP contribution in [0.5, 0.6) is 5.75 Å². The normalized spacial score (nSPS) is 10.8. The van der Waals surface area contributed by atoms with E-state index in [1.165, 1.54) is 0 Å². The minimum atomic E-state index is -1.02. The van der Waals surface area contributed by atoms with Gasteiger partial charge in [-0.15, -0.1) is 0 Å². The first-order valence-electron chi connectivity index (χ1n) is 7.13. The van der Waals surface area contributed by atoms with Crippen molar-refractivity contribution in [3.05, 3.63) is 11.4 Å². The molecule has 0 aliphatic heterocycles. The molecular formula is C14H25N3O3. The number of nitrogens with one attached hydrogen (secondary N) is 1. The van der Waals surface area contributed by atoms with Gasteiger partial charge in [0.25, 0.3) is 0 Å². The number of carbonyl (C=O) groups is 1. The van der Waals surface area contributed by atoms with Crippen LogP contribution in [-0.4, -0.2) is 34.1 Å².